The van der Waals surface area contributed by atoms with Gasteiger partial charge in [-0.3, -0.25) is 9.59 Å². The molecule has 0 saturated heterocycles. The zero-order chi connectivity index (χ0) is 15.9. The molecule has 0 N–H and O–H groups in total. The average molecular weight is 420 g/mol. The summed E-state index contributed by atoms with van der Waals surface area (Å²) in [5.41, 5.74) is 1.72. The summed E-state index contributed by atoms with van der Waals surface area (Å²) in [5.74, 6) is -1.09. The van der Waals surface area contributed by atoms with Gasteiger partial charge in [-0.05, 0) is 47.5 Å². The molecular formula is C18H12Br2O2. The van der Waals surface area contributed by atoms with Gasteiger partial charge in [0.05, 0.1) is 0 Å². The van der Waals surface area contributed by atoms with Crippen molar-refractivity contribution in [3.05, 3.63) is 80.8 Å². The van der Waals surface area contributed by atoms with E-state index in [0.717, 1.165) is 20.1 Å². The molecular weight excluding hydrogens is 408 g/mol. The normalized spacial score (nSPS) is 11.2. The Hall–Kier alpha value is -1.78. The van der Waals surface area contributed by atoms with E-state index >= 15 is 0 Å². The molecule has 0 fully saturated rings. The Morgan fingerprint density at radius 1 is 0.636 bits per heavy atom. The number of hydrogen-bond donors (Lipinski definition) is 0. The van der Waals surface area contributed by atoms with Crippen LogP contribution >= 0.6 is 31.9 Å². The van der Waals surface area contributed by atoms with Crippen molar-refractivity contribution in [3.8, 4) is 0 Å². The summed E-state index contributed by atoms with van der Waals surface area (Å²) in [7, 11) is 0. The summed E-state index contributed by atoms with van der Waals surface area (Å²) >= 11 is 6.68. The van der Waals surface area contributed by atoms with Crippen molar-refractivity contribution in [2.75, 3.05) is 0 Å². The van der Waals surface area contributed by atoms with Crippen LogP contribution in [0.15, 0.2) is 69.6 Å². The quantitative estimate of drug-likeness (QED) is 0.500. The highest BCUT2D eigenvalue weighted by molar-refractivity contribution is 9.10. The van der Waals surface area contributed by atoms with Crippen LogP contribution in [0, 0.1) is 0 Å². The molecule has 0 saturated carbocycles. The smallest absolute Gasteiger partial charge is 0.225 e. The third-order valence-electron chi connectivity index (χ3n) is 2.84. The van der Waals surface area contributed by atoms with Crippen LogP contribution in [-0.2, 0) is 9.59 Å². The molecule has 0 aliphatic heterocycles. The van der Waals surface area contributed by atoms with E-state index in [1.165, 1.54) is 12.2 Å². The van der Waals surface area contributed by atoms with Gasteiger partial charge >= 0.3 is 0 Å². The van der Waals surface area contributed by atoms with Crippen LogP contribution in [0.2, 0.25) is 0 Å². The van der Waals surface area contributed by atoms with Crippen molar-refractivity contribution in [2.45, 2.75) is 0 Å². The van der Waals surface area contributed by atoms with Gasteiger partial charge < -0.3 is 0 Å². The first-order valence-electron chi connectivity index (χ1n) is 6.50. The second kappa shape index (κ2) is 8.01. The highest BCUT2D eigenvalue weighted by Crippen LogP contribution is 2.12. The molecule has 0 aromatic heterocycles. The first-order chi connectivity index (χ1) is 10.5. The van der Waals surface area contributed by atoms with Crippen molar-refractivity contribution in [2.24, 2.45) is 0 Å². The lowest BCUT2D eigenvalue weighted by Crippen LogP contribution is -2.06. The highest BCUT2D eigenvalue weighted by atomic mass is 79.9. The number of benzene rings is 2. The second-order valence-corrected chi connectivity index (χ2v) is 6.33. The van der Waals surface area contributed by atoms with Gasteiger partial charge in [0.1, 0.15) is 0 Å². The van der Waals surface area contributed by atoms with Gasteiger partial charge in [-0.1, -0.05) is 68.3 Å². The van der Waals surface area contributed by atoms with Gasteiger partial charge in [0.25, 0.3) is 0 Å². The average Bonchev–Trinajstić information content (AvgIpc) is 2.53. The third kappa shape index (κ3) is 5.20. The zero-order valence-electron chi connectivity index (χ0n) is 11.5. The topological polar surface area (TPSA) is 34.1 Å². The molecule has 2 aromatic carbocycles. The summed E-state index contributed by atoms with van der Waals surface area (Å²) in [5, 5.41) is 0. The van der Waals surface area contributed by atoms with E-state index in [1.807, 2.05) is 48.5 Å². The van der Waals surface area contributed by atoms with Crippen molar-refractivity contribution in [1.29, 1.82) is 0 Å². The minimum Gasteiger partial charge on any atom is -0.286 e. The lowest BCUT2D eigenvalue weighted by molar-refractivity contribution is -0.130. The summed E-state index contributed by atoms with van der Waals surface area (Å²) in [6.45, 7) is 0. The van der Waals surface area contributed by atoms with Crippen LogP contribution in [0.5, 0.6) is 0 Å². The Morgan fingerprint density at radius 2 is 0.955 bits per heavy atom. The predicted octanol–water partition coefficient (Wildman–Crippen LogP) is 5.08. The Balaban J connectivity index is 1.98. The Labute approximate surface area is 145 Å². The molecule has 0 aliphatic carbocycles. The maximum atomic E-state index is 11.8. The highest BCUT2D eigenvalue weighted by Gasteiger charge is 2.05. The zero-order valence-corrected chi connectivity index (χ0v) is 14.7. The number of ketones is 2. The number of rotatable bonds is 5. The molecule has 110 valence electrons. The summed E-state index contributed by atoms with van der Waals surface area (Å²) in [6, 6.07) is 14.9. The molecule has 2 rings (SSSR count). The molecule has 2 nitrogen and oxygen atoms in total. The monoisotopic (exact) mass is 418 g/mol. The van der Waals surface area contributed by atoms with Gasteiger partial charge in [-0.15, -0.1) is 0 Å². The molecule has 0 bridgehead atoms. The number of carbonyl (C=O) groups is 2. The van der Waals surface area contributed by atoms with E-state index in [9.17, 15) is 9.59 Å². The Kier molecular flexibility index (Phi) is 6.04. The number of halogens is 2. The largest absolute Gasteiger partial charge is 0.286 e. The summed E-state index contributed by atoms with van der Waals surface area (Å²) in [6.07, 6.45) is 5.83. The maximum absolute atomic E-state index is 11.8. The molecule has 0 amide bonds. The molecule has 0 aliphatic rings. The fraction of sp³-hybridized carbons (Fsp3) is 0. The molecule has 0 spiro atoms. The van der Waals surface area contributed by atoms with Crippen LogP contribution < -0.4 is 0 Å². The Bertz CT molecular complexity index is 661. The molecule has 2 aromatic rings. The molecule has 0 radical (unpaired) electrons. The lowest BCUT2D eigenvalue weighted by atomic mass is 10.1. The van der Waals surface area contributed by atoms with Crippen molar-refractivity contribution >= 4 is 55.6 Å². The van der Waals surface area contributed by atoms with Gasteiger partial charge in [-0.25, -0.2) is 0 Å². The minimum absolute atomic E-state index is 0.545. The molecule has 0 atom stereocenters. The first-order valence-corrected chi connectivity index (χ1v) is 8.09. The maximum Gasteiger partial charge on any atom is 0.225 e. The van der Waals surface area contributed by atoms with Crippen LogP contribution in [0.3, 0.4) is 0 Å². The van der Waals surface area contributed by atoms with Crippen molar-refractivity contribution in [1.82, 2.24) is 0 Å². The standard InChI is InChI=1S/C18H12Br2O2/c19-15-7-1-13(2-8-15)5-11-17(21)18(22)12-6-14-3-9-16(20)10-4-14/h1-12H. The molecule has 4 heteroatoms. The van der Waals surface area contributed by atoms with Crippen LogP contribution in [0.1, 0.15) is 11.1 Å². The van der Waals surface area contributed by atoms with E-state index in [2.05, 4.69) is 31.9 Å². The molecule has 0 heterocycles. The Morgan fingerprint density at radius 3 is 1.27 bits per heavy atom. The van der Waals surface area contributed by atoms with Gasteiger partial charge in [0.15, 0.2) is 0 Å². The minimum atomic E-state index is -0.545. The van der Waals surface area contributed by atoms with Crippen LogP contribution in [0.4, 0.5) is 0 Å². The summed E-state index contributed by atoms with van der Waals surface area (Å²) < 4.78 is 1.92. The van der Waals surface area contributed by atoms with Crippen molar-refractivity contribution < 1.29 is 9.59 Å². The first kappa shape index (κ1) is 16.6. The number of allylic oxidation sites excluding steroid dienone is 2. The van der Waals surface area contributed by atoms with E-state index in [-0.39, 0.29) is 0 Å². The van der Waals surface area contributed by atoms with Crippen LogP contribution in [0.25, 0.3) is 12.2 Å². The number of hydrogen-bond acceptors (Lipinski definition) is 2. The van der Waals surface area contributed by atoms with Gasteiger partial charge in [-0.2, -0.15) is 0 Å². The van der Waals surface area contributed by atoms with Crippen LogP contribution in [-0.4, -0.2) is 11.6 Å². The fourth-order valence-electron chi connectivity index (χ4n) is 1.66. The SMILES string of the molecule is O=C(C=Cc1ccc(Br)cc1)C(=O)C=Cc1ccc(Br)cc1. The second-order valence-electron chi connectivity index (χ2n) is 4.50. The van der Waals surface area contributed by atoms with E-state index in [0.29, 0.717) is 0 Å². The lowest BCUT2D eigenvalue weighted by Gasteiger charge is -1.94. The third-order valence-corrected chi connectivity index (χ3v) is 3.89. The van der Waals surface area contributed by atoms with Gasteiger partial charge in [0.2, 0.25) is 11.6 Å². The van der Waals surface area contributed by atoms with Crippen molar-refractivity contribution in [3.63, 3.8) is 0 Å². The molecule has 0 unspecified atom stereocenters. The van der Waals surface area contributed by atoms with E-state index < -0.39 is 11.6 Å². The molecule has 22 heavy (non-hydrogen) atoms. The fourth-order valence-corrected chi connectivity index (χ4v) is 2.18. The number of carbonyl (C=O) groups excluding carboxylic acids is 2. The van der Waals surface area contributed by atoms with E-state index in [4.69, 9.17) is 0 Å². The predicted molar refractivity (Wildman–Crippen MR) is 96.4 cm³/mol. The van der Waals surface area contributed by atoms with E-state index in [1.54, 1.807) is 12.2 Å². The van der Waals surface area contributed by atoms with Gasteiger partial charge in [0, 0.05) is 8.95 Å². The summed E-state index contributed by atoms with van der Waals surface area (Å²) in [4.78, 5) is 23.5.